The molecule has 2 aliphatic carbocycles. The predicted octanol–water partition coefficient (Wildman–Crippen LogP) is 6.79. The molecule has 0 radical (unpaired) electrons. The van der Waals surface area contributed by atoms with Gasteiger partial charge in [0.15, 0.2) is 0 Å². The second-order valence-electron chi connectivity index (χ2n) is 7.50. The van der Waals surface area contributed by atoms with Crippen molar-refractivity contribution in [1.82, 2.24) is 0 Å². The predicted molar refractivity (Wildman–Crippen MR) is 97.1 cm³/mol. The van der Waals surface area contributed by atoms with E-state index in [0.717, 1.165) is 17.8 Å². The van der Waals surface area contributed by atoms with E-state index in [-0.39, 0.29) is 0 Å². The number of hydrogen-bond donors (Lipinski definition) is 0. The van der Waals surface area contributed by atoms with Crippen LogP contribution in [-0.4, -0.2) is 5.78 Å². The fraction of sp³-hybridized carbons (Fsp3) is 0.952. The summed E-state index contributed by atoms with van der Waals surface area (Å²) in [4.78, 5) is 11.4. The maximum Gasteiger partial charge on any atom is 0.132 e. The number of rotatable bonds is 6. The van der Waals surface area contributed by atoms with Crippen LogP contribution in [0.1, 0.15) is 105 Å². The molecule has 1 heteroatoms. The van der Waals surface area contributed by atoms with Crippen molar-refractivity contribution in [3.63, 3.8) is 0 Å². The molecule has 0 N–H and O–H groups in total. The van der Waals surface area contributed by atoms with Crippen LogP contribution in [0.3, 0.4) is 0 Å². The third kappa shape index (κ3) is 6.42. The number of Topliss-reactive ketones (excluding diaryl/α,β-unsaturated/α-hetero) is 1. The highest BCUT2D eigenvalue weighted by Crippen LogP contribution is 2.42. The number of carbonyl (C=O) groups is 1. The SMILES string of the molecule is CC.CCCCCC1CCC(C2CCC(C(C)=O)CC2)CC1. The van der Waals surface area contributed by atoms with E-state index in [1.54, 1.807) is 6.92 Å². The zero-order chi connectivity index (χ0) is 16.4. The molecule has 0 heterocycles. The lowest BCUT2D eigenvalue weighted by Crippen LogP contribution is -2.27. The Balaban J connectivity index is 0.00000116. The molecule has 2 fully saturated rings. The van der Waals surface area contributed by atoms with Gasteiger partial charge >= 0.3 is 0 Å². The van der Waals surface area contributed by atoms with Crippen LogP contribution in [0.4, 0.5) is 0 Å². The van der Waals surface area contributed by atoms with Crippen molar-refractivity contribution in [2.45, 2.75) is 105 Å². The second kappa shape index (κ2) is 11.2. The van der Waals surface area contributed by atoms with Crippen LogP contribution in [-0.2, 0) is 4.79 Å². The van der Waals surface area contributed by atoms with Crippen molar-refractivity contribution in [1.29, 1.82) is 0 Å². The average Bonchev–Trinajstić information content (AvgIpc) is 2.58. The molecule has 0 amide bonds. The van der Waals surface area contributed by atoms with Gasteiger partial charge in [-0.25, -0.2) is 0 Å². The van der Waals surface area contributed by atoms with Crippen molar-refractivity contribution >= 4 is 5.78 Å². The third-order valence-electron chi connectivity index (χ3n) is 6.12. The summed E-state index contributed by atoms with van der Waals surface area (Å²) in [6.07, 6.45) is 16.7. The first-order chi connectivity index (χ1) is 10.7. The summed E-state index contributed by atoms with van der Waals surface area (Å²) in [5.74, 6) is 3.80. The number of ketones is 1. The third-order valence-corrected chi connectivity index (χ3v) is 6.12. The van der Waals surface area contributed by atoms with Crippen LogP contribution in [0, 0.1) is 23.7 Å². The van der Waals surface area contributed by atoms with Crippen LogP contribution in [0.2, 0.25) is 0 Å². The fourth-order valence-electron chi connectivity index (χ4n) is 4.63. The van der Waals surface area contributed by atoms with E-state index in [1.807, 2.05) is 13.8 Å². The van der Waals surface area contributed by atoms with Gasteiger partial charge in [-0.1, -0.05) is 59.3 Å². The molecule has 0 aliphatic heterocycles. The lowest BCUT2D eigenvalue weighted by molar-refractivity contribution is -0.122. The molecule has 0 aromatic rings. The van der Waals surface area contributed by atoms with Gasteiger partial charge in [0.05, 0.1) is 0 Å². The first-order valence-electron chi connectivity index (χ1n) is 10.2. The highest BCUT2D eigenvalue weighted by molar-refractivity contribution is 5.78. The largest absolute Gasteiger partial charge is 0.300 e. The Hall–Kier alpha value is -0.330. The monoisotopic (exact) mass is 308 g/mol. The molecule has 0 unspecified atom stereocenters. The van der Waals surface area contributed by atoms with Crippen molar-refractivity contribution in [3.05, 3.63) is 0 Å². The Morgan fingerprint density at radius 1 is 0.818 bits per heavy atom. The zero-order valence-corrected chi connectivity index (χ0v) is 15.7. The van der Waals surface area contributed by atoms with E-state index in [9.17, 15) is 4.79 Å². The molecule has 2 saturated carbocycles. The van der Waals surface area contributed by atoms with Gasteiger partial charge in [-0.3, -0.25) is 4.79 Å². The highest BCUT2D eigenvalue weighted by atomic mass is 16.1. The van der Waals surface area contributed by atoms with Crippen molar-refractivity contribution in [3.8, 4) is 0 Å². The van der Waals surface area contributed by atoms with E-state index < -0.39 is 0 Å². The Labute approximate surface area is 139 Å². The molecular weight excluding hydrogens is 268 g/mol. The van der Waals surface area contributed by atoms with Gasteiger partial charge in [-0.05, 0) is 63.2 Å². The van der Waals surface area contributed by atoms with Crippen molar-refractivity contribution < 1.29 is 4.79 Å². The molecule has 0 saturated heterocycles. The summed E-state index contributed by atoms with van der Waals surface area (Å²) < 4.78 is 0. The van der Waals surface area contributed by atoms with Gasteiger partial charge in [0, 0.05) is 5.92 Å². The maximum atomic E-state index is 11.4. The van der Waals surface area contributed by atoms with E-state index >= 15 is 0 Å². The Morgan fingerprint density at radius 3 is 1.77 bits per heavy atom. The summed E-state index contributed by atoms with van der Waals surface area (Å²) >= 11 is 0. The van der Waals surface area contributed by atoms with Crippen LogP contribution >= 0.6 is 0 Å². The lowest BCUT2D eigenvalue weighted by Gasteiger charge is -2.37. The van der Waals surface area contributed by atoms with E-state index in [1.165, 1.54) is 77.0 Å². The molecule has 0 bridgehead atoms. The number of unbranched alkanes of at least 4 members (excludes halogenated alkanes) is 2. The van der Waals surface area contributed by atoms with Gasteiger partial charge in [-0.2, -0.15) is 0 Å². The highest BCUT2D eigenvalue weighted by Gasteiger charge is 2.31. The zero-order valence-electron chi connectivity index (χ0n) is 15.7. The summed E-state index contributed by atoms with van der Waals surface area (Å²) in [6.45, 7) is 8.08. The van der Waals surface area contributed by atoms with Gasteiger partial charge in [0.1, 0.15) is 5.78 Å². The Kier molecular flexibility index (Phi) is 10.1. The molecule has 0 atom stereocenters. The van der Waals surface area contributed by atoms with E-state index in [4.69, 9.17) is 0 Å². The van der Waals surface area contributed by atoms with E-state index in [0.29, 0.717) is 11.7 Å². The standard InChI is InChI=1S/C19H34O.C2H6/c1-3-4-5-6-16-7-9-18(10-8-16)19-13-11-17(12-14-19)15(2)20;1-2/h16-19H,3-14H2,1-2H3;1-2H3. The smallest absolute Gasteiger partial charge is 0.132 e. The average molecular weight is 309 g/mol. The first kappa shape index (κ1) is 19.7. The Bertz CT molecular complexity index is 280. The lowest BCUT2D eigenvalue weighted by atomic mass is 9.68. The molecule has 0 aromatic carbocycles. The minimum Gasteiger partial charge on any atom is -0.300 e. The molecule has 2 rings (SSSR count). The Morgan fingerprint density at radius 2 is 1.32 bits per heavy atom. The van der Waals surface area contributed by atoms with Crippen LogP contribution in [0.15, 0.2) is 0 Å². The van der Waals surface area contributed by atoms with Crippen LogP contribution in [0.5, 0.6) is 0 Å². The molecule has 2 aliphatic rings. The van der Waals surface area contributed by atoms with Crippen LogP contribution in [0.25, 0.3) is 0 Å². The maximum absolute atomic E-state index is 11.4. The molecule has 1 nitrogen and oxygen atoms in total. The minimum atomic E-state index is 0.400. The van der Waals surface area contributed by atoms with Gasteiger partial charge in [-0.15, -0.1) is 0 Å². The topological polar surface area (TPSA) is 17.1 Å². The normalized spacial score (nSPS) is 32.0. The number of carbonyl (C=O) groups excluding carboxylic acids is 1. The molecule has 0 aromatic heterocycles. The fourth-order valence-corrected chi connectivity index (χ4v) is 4.63. The summed E-state index contributed by atoms with van der Waals surface area (Å²) in [5, 5.41) is 0. The molecule has 22 heavy (non-hydrogen) atoms. The quantitative estimate of drug-likeness (QED) is 0.493. The van der Waals surface area contributed by atoms with Crippen molar-refractivity contribution in [2.24, 2.45) is 23.7 Å². The van der Waals surface area contributed by atoms with Gasteiger partial charge in [0.2, 0.25) is 0 Å². The molecule has 130 valence electrons. The minimum absolute atomic E-state index is 0.400. The summed E-state index contributed by atoms with van der Waals surface area (Å²) in [5.41, 5.74) is 0. The van der Waals surface area contributed by atoms with Crippen LogP contribution < -0.4 is 0 Å². The van der Waals surface area contributed by atoms with Crippen molar-refractivity contribution in [2.75, 3.05) is 0 Å². The number of hydrogen-bond acceptors (Lipinski definition) is 1. The summed E-state index contributed by atoms with van der Waals surface area (Å²) in [6, 6.07) is 0. The first-order valence-corrected chi connectivity index (χ1v) is 10.2. The van der Waals surface area contributed by atoms with Gasteiger partial charge < -0.3 is 0 Å². The van der Waals surface area contributed by atoms with E-state index in [2.05, 4.69) is 6.92 Å². The second-order valence-corrected chi connectivity index (χ2v) is 7.50. The van der Waals surface area contributed by atoms with Gasteiger partial charge in [0.25, 0.3) is 0 Å². The molecular formula is C21H40O. The summed E-state index contributed by atoms with van der Waals surface area (Å²) in [7, 11) is 0. The molecule has 0 spiro atoms.